The van der Waals surface area contributed by atoms with Gasteiger partial charge in [-0.05, 0) is 76.3 Å². The molecule has 4 rings (SSSR count). The quantitative estimate of drug-likeness (QED) is 0.358. The van der Waals surface area contributed by atoms with Gasteiger partial charge in [0.25, 0.3) is 11.8 Å². The first-order chi connectivity index (χ1) is 22.2. The molecule has 1 fully saturated rings. The molecule has 1 heterocycles. The average molecular weight is 637 g/mol. The molecular formula is C36H52N4O6. The standard InChI is InChI=1S/C36H52N4O6/c1-25-22-40(26(2)24-41)35(43)31-21-30(38-36(44)37-29-16-9-6-10-17-29)18-19-32(31)46-27(3)13-11-12-20-45-33(25)23-39(4)34(42)28-14-7-5-8-15-28/h5,7-8,14-15,18-19,21,25-27,29,33,41H,6,9-13,16-17,20,22-24H2,1-4H3,(H2,37,38,44)/t25-,26+,27+,33+/m0/s1. The van der Waals surface area contributed by atoms with Crippen LogP contribution in [0.2, 0.25) is 0 Å². The summed E-state index contributed by atoms with van der Waals surface area (Å²) in [5.74, 6) is -0.134. The lowest BCUT2D eigenvalue weighted by molar-refractivity contribution is -0.0149. The van der Waals surface area contributed by atoms with E-state index >= 15 is 0 Å². The number of urea groups is 1. The minimum Gasteiger partial charge on any atom is -0.490 e. The van der Waals surface area contributed by atoms with Crippen molar-refractivity contribution < 1.29 is 29.0 Å². The molecule has 1 aliphatic heterocycles. The number of fused-ring (bicyclic) bond motifs is 1. The molecule has 2 aromatic rings. The van der Waals surface area contributed by atoms with Crippen LogP contribution in [0.4, 0.5) is 10.5 Å². The zero-order chi connectivity index (χ0) is 33.1. The molecule has 46 heavy (non-hydrogen) atoms. The number of hydrogen-bond donors (Lipinski definition) is 3. The van der Waals surface area contributed by atoms with Crippen molar-refractivity contribution in [3.8, 4) is 5.75 Å². The number of aliphatic hydroxyl groups excluding tert-OH is 1. The fourth-order valence-electron chi connectivity index (χ4n) is 6.22. The molecule has 0 radical (unpaired) electrons. The lowest BCUT2D eigenvalue weighted by Gasteiger charge is -2.36. The average Bonchev–Trinajstić information content (AvgIpc) is 3.06. The third-order valence-electron chi connectivity index (χ3n) is 9.07. The molecule has 10 nitrogen and oxygen atoms in total. The number of carbonyl (C=O) groups excluding carboxylic acids is 3. The van der Waals surface area contributed by atoms with Crippen LogP contribution in [0.15, 0.2) is 48.5 Å². The molecule has 10 heteroatoms. The number of anilines is 1. The summed E-state index contributed by atoms with van der Waals surface area (Å²) in [6.07, 6.45) is 7.32. The molecule has 4 amide bonds. The van der Waals surface area contributed by atoms with E-state index in [2.05, 4.69) is 10.6 Å². The van der Waals surface area contributed by atoms with Crippen molar-refractivity contribution >= 4 is 23.5 Å². The van der Waals surface area contributed by atoms with Crippen LogP contribution >= 0.6 is 0 Å². The van der Waals surface area contributed by atoms with E-state index in [0.29, 0.717) is 35.7 Å². The predicted octanol–water partition coefficient (Wildman–Crippen LogP) is 5.71. The Labute approximate surface area is 273 Å². The number of nitrogens with zero attached hydrogens (tertiary/aromatic N) is 2. The fraction of sp³-hybridized carbons (Fsp3) is 0.583. The number of benzene rings is 2. The van der Waals surface area contributed by atoms with Crippen LogP contribution < -0.4 is 15.4 Å². The van der Waals surface area contributed by atoms with E-state index in [1.54, 1.807) is 54.1 Å². The highest BCUT2D eigenvalue weighted by atomic mass is 16.5. The first-order valence-electron chi connectivity index (χ1n) is 16.9. The maximum Gasteiger partial charge on any atom is 0.319 e. The van der Waals surface area contributed by atoms with E-state index in [9.17, 15) is 19.5 Å². The van der Waals surface area contributed by atoms with Crippen molar-refractivity contribution in [2.75, 3.05) is 38.7 Å². The van der Waals surface area contributed by atoms with Gasteiger partial charge in [-0.1, -0.05) is 44.4 Å². The van der Waals surface area contributed by atoms with E-state index < -0.39 is 6.04 Å². The number of likely N-dealkylation sites (N-methyl/N-ethyl adjacent to an activating group) is 1. The summed E-state index contributed by atoms with van der Waals surface area (Å²) in [5, 5.41) is 16.2. The van der Waals surface area contributed by atoms with Crippen LogP contribution in [-0.2, 0) is 4.74 Å². The molecule has 0 unspecified atom stereocenters. The lowest BCUT2D eigenvalue weighted by Crippen LogP contribution is -2.48. The maximum atomic E-state index is 14.3. The van der Waals surface area contributed by atoms with Crippen molar-refractivity contribution in [3.63, 3.8) is 0 Å². The van der Waals surface area contributed by atoms with Gasteiger partial charge in [0, 0.05) is 50.0 Å². The Bertz CT molecular complexity index is 1280. The zero-order valence-electron chi connectivity index (χ0n) is 27.9. The summed E-state index contributed by atoms with van der Waals surface area (Å²) in [4.78, 5) is 43.7. The molecule has 0 spiro atoms. The van der Waals surface area contributed by atoms with Crippen LogP contribution in [0.3, 0.4) is 0 Å². The van der Waals surface area contributed by atoms with Gasteiger partial charge in [0.15, 0.2) is 0 Å². The Balaban J connectivity index is 1.58. The van der Waals surface area contributed by atoms with Gasteiger partial charge in [0.2, 0.25) is 0 Å². The number of rotatable bonds is 7. The first kappa shape index (κ1) is 35.2. The minimum atomic E-state index is -0.497. The SMILES string of the molecule is C[C@@H]1CCCCO[C@H](CN(C)C(=O)c2ccccc2)[C@@H](C)CN([C@H](C)CO)C(=O)c2cc(NC(=O)NC3CCCCC3)ccc2O1. The van der Waals surface area contributed by atoms with Crippen LogP contribution in [-0.4, -0.2) is 90.4 Å². The number of nitrogens with one attached hydrogen (secondary N) is 2. The Morgan fingerprint density at radius 1 is 1.02 bits per heavy atom. The molecule has 252 valence electrons. The summed E-state index contributed by atoms with van der Waals surface area (Å²) in [5.41, 5.74) is 1.41. The van der Waals surface area contributed by atoms with Crippen molar-refractivity contribution in [2.45, 2.75) is 96.4 Å². The van der Waals surface area contributed by atoms with Crippen molar-refractivity contribution in [3.05, 3.63) is 59.7 Å². The maximum absolute atomic E-state index is 14.3. The Kier molecular flexibility index (Phi) is 13.3. The van der Waals surface area contributed by atoms with Crippen LogP contribution in [0.1, 0.15) is 92.9 Å². The molecule has 0 aromatic heterocycles. The van der Waals surface area contributed by atoms with Gasteiger partial charge in [-0.25, -0.2) is 4.79 Å². The topological polar surface area (TPSA) is 120 Å². The van der Waals surface area contributed by atoms with Gasteiger partial charge in [0.05, 0.1) is 30.4 Å². The number of aliphatic hydroxyl groups is 1. The molecule has 1 aliphatic carbocycles. The second-order valence-electron chi connectivity index (χ2n) is 13.0. The smallest absolute Gasteiger partial charge is 0.319 e. The summed E-state index contributed by atoms with van der Waals surface area (Å²) in [6.45, 7) is 6.72. The van der Waals surface area contributed by atoms with Gasteiger partial charge >= 0.3 is 6.03 Å². The van der Waals surface area contributed by atoms with Gasteiger partial charge in [0.1, 0.15) is 5.75 Å². The molecule has 1 saturated carbocycles. The zero-order valence-corrected chi connectivity index (χ0v) is 27.9. The van der Waals surface area contributed by atoms with E-state index in [1.807, 2.05) is 32.0 Å². The van der Waals surface area contributed by atoms with Gasteiger partial charge in [-0.2, -0.15) is 0 Å². The summed E-state index contributed by atoms with van der Waals surface area (Å²) < 4.78 is 12.7. The first-order valence-corrected chi connectivity index (χ1v) is 16.9. The molecule has 0 saturated heterocycles. The predicted molar refractivity (Wildman–Crippen MR) is 179 cm³/mol. The third-order valence-corrected chi connectivity index (χ3v) is 9.07. The molecular weight excluding hydrogens is 584 g/mol. The molecule has 4 atom stereocenters. The number of carbonyl (C=O) groups is 3. The van der Waals surface area contributed by atoms with E-state index in [0.717, 1.165) is 44.9 Å². The highest BCUT2D eigenvalue weighted by Gasteiger charge is 2.31. The van der Waals surface area contributed by atoms with Crippen LogP contribution in [0, 0.1) is 5.92 Å². The summed E-state index contributed by atoms with van der Waals surface area (Å²) in [6, 6.07) is 13.7. The normalized spacial score (nSPS) is 22.5. The minimum absolute atomic E-state index is 0.0973. The van der Waals surface area contributed by atoms with Crippen LogP contribution in [0.25, 0.3) is 0 Å². The highest BCUT2D eigenvalue weighted by molar-refractivity contribution is 5.99. The summed E-state index contributed by atoms with van der Waals surface area (Å²) >= 11 is 0. The van der Waals surface area contributed by atoms with Gasteiger partial charge < -0.3 is 35.0 Å². The third kappa shape index (κ3) is 9.93. The second kappa shape index (κ2) is 17.3. The van der Waals surface area contributed by atoms with E-state index in [1.165, 1.54) is 6.42 Å². The van der Waals surface area contributed by atoms with Gasteiger partial charge in [-0.3, -0.25) is 9.59 Å². The molecule has 3 N–H and O–H groups in total. The monoisotopic (exact) mass is 636 g/mol. The van der Waals surface area contributed by atoms with Gasteiger partial charge in [-0.15, -0.1) is 0 Å². The van der Waals surface area contributed by atoms with Crippen LogP contribution in [0.5, 0.6) is 5.75 Å². The summed E-state index contributed by atoms with van der Waals surface area (Å²) in [7, 11) is 1.77. The highest BCUT2D eigenvalue weighted by Crippen LogP contribution is 2.29. The van der Waals surface area contributed by atoms with Crippen molar-refractivity contribution in [1.82, 2.24) is 15.1 Å². The fourth-order valence-corrected chi connectivity index (χ4v) is 6.22. The molecule has 0 bridgehead atoms. The van der Waals surface area contributed by atoms with E-state index in [4.69, 9.17) is 9.47 Å². The largest absolute Gasteiger partial charge is 0.490 e. The number of hydrogen-bond acceptors (Lipinski definition) is 6. The number of ether oxygens (including phenoxy) is 2. The second-order valence-corrected chi connectivity index (χ2v) is 13.0. The van der Waals surface area contributed by atoms with Crippen molar-refractivity contribution in [2.24, 2.45) is 5.92 Å². The number of amides is 4. The lowest BCUT2D eigenvalue weighted by atomic mass is 9.96. The van der Waals surface area contributed by atoms with E-state index in [-0.39, 0.29) is 55.2 Å². The molecule has 2 aromatic carbocycles. The van der Waals surface area contributed by atoms with Crippen molar-refractivity contribution in [1.29, 1.82) is 0 Å². The Morgan fingerprint density at radius 2 is 1.74 bits per heavy atom. The Hall–Kier alpha value is -3.63. The molecule has 2 aliphatic rings. The Morgan fingerprint density at radius 3 is 2.46 bits per heavy atom.